The highest BCUT2D eigenvalue weighted by Gasteiger charge is 2.53. The van der Waals surface area contributed by atoms with Crippen LogP contribution in [-0.4, -0.2) is 193 Å². The van der Waals surface area contributed by atoms with Crippen LogP contribution in [0.15, 0.2) is 36.5 Å². The van der Waals surface area contributed by atoms with Crippen molar-refractivity contribution in [2.24, 2.45) is 0 Å². The molecular weight excluding hydrogens is 1180 g/mol. The molecule has 1 amide bonds. The van der Waals surface area contributed by atoms with Gasteiger partial charge in [0.1, 0.15) is 73.2 Å². The molecule has 3 fully saturated rings. The molecule has 3 aliphatic rings. The van der Waals surface area contributed by atoms with Crippen molar-refractivity contribution in [3.63, 3.8) is 0 Å². The number of hydrogen-bond acceptors (Lipinski definition) is 18. The molecule has 3 rings (SSSR count). The lowest BCUT2D eigenvalue weighted by Crippen LogP contribution is -2.66. The van der Waals surface area contributed by atoms with Gasteiger partial charge < -0.3 is 89.9 Å². The molecule has 19 heteroatoms. The van der Waals surface area contributed by atoms with Crippen LogP contribution in [0.25, 0.3) is 0 Å². The average Bonchev–Trinajstić information content (AvgIpc) is 0.830. The fourth-order valence-electron chi connectivity index (χ4n) is 12.6. The maximum absolute atomic E-state index is 13.3. The molecule has 17 unspecified atom stereocenters. The lowest BCUT2D eigenvalue weighted by Gasteiger charge is -2.48. The van der Waals surface area contributed by atoms with Crippen molar-refractivity contribution in [2.75, 3.05) is 26.4 Å². The van der Waals surface area contributed by atoms with Gasteiger partial charge in [-0.25, -0.2) is 0 Å². The molecule has 0 bridgehead atoms. The van der Waals surface area contributed by atoms with Gasteiger partial charge in [-0.05, 0) is 51.4 Å². The molecule has 3 saturated heterocycles. The summed E-state index contributed by atoms with van der Waals surface area (Å²) in [5.41, 5.74) is 0. The molecule has 12 N–H and O–H groups in total. The van der Waals surface area contributed by atoms with Crippen molar-refractivity contribution in [1.29, 1.82) is 0 Å². The zero-order valence-electron chi connectivity index (χ0n) is 57.3. The van der Waals surface area contributed by atoms with Gasteiger partial charge in [-0.2, -0.15) is 0 Å². The van der Waals surface area contributed by atoms with Crippen molar-refractivity contribution in [1.82, 2.24) is 5.32 Å². The predicted octanol–water partition coefficient (Wildman–Crippen LogP) is 10.8. The molecule has 92 heavy (non-hydrogen) atoms. The Balaban J connectivity index is 1.24. The molecule has 0 aliphatic carbocycles. The van der Waals surface area contributed by atoms with Crippen molar-refractivity contribution in [2.45, 2.75) is 394 Å². The van der Waals surface area contributed by atoms with E-state index in [-0.39, 0.29) is 18.9 Å². The van der Waals surface area contributed by atoms with Gasteiger partial charge in [-0.15, -0.1) is 0 Å². The molecule has 540 valence electrons. The highest BCUT2D eigenvalue weighted by molar-refractivity contribution is 5.76. The van der Waals surface area contributed by atoms with Crippen molar-refractivity contribution in [3.8, 4) is 0 Å². The fourth-order valence-corrected chi connectivity index (χ4v) is 12.6. The number of allylic oxidation sites excluding steroid dienone is 5. The van der Waals surface area contributed by atoms with Gasteiger partial charge in [0, 0.05) is 6.42 Å². The fraction of sp³-hybridized carbons (Fsp3) is 0.904. The number of nitrogens with one attached hydrogen (secondary N) is 1. The van der Waals surface area contributed by atoms with Crippen LogP contribution in [0.2, 0.25) is 0 Å². The maximum Gasteiger partial charge on any atom is 0.220 e. The van der Waals surface area contributed by atoms with Crippen LogP contribution in [-0.2, 0) is 33.2 Å². The van der Waals surface area contributed by atoms with E-state index in [0.717, 1.165) is 57.8 Å². The number of amides is 1. The van der Waals surface area contributed by atoms with Gasteiger partial charge in [0.15, 0.2) is 18.9 Å². The summed E-state index contributed by atoms with van der Waals surface area (Å²) in [4.78, 5) is 13.3. The minimum Gasteiger partial charge on any atom is -0.394 e. The Morgan fingerprint density at radius 2 is 0.717 bits per heavy atom. The third-order valence-electron chi connectivity index (χ3n) is 18.7. The van der Waals surface area contributed by atoms with Gasteiger partial charge in [0.2, 0.25) is 5.91 Å². The Labute approximate surface area is 555 Å². The van der Waals surface area contributed by atoms with Gasteiger partial charge >= 0.3 is 0 Å². The van der Waals surface area contributed by atoms with Crippen LogP contribution in [0.4, 0.5) is 0 Å². The highest BCUT2D eigenvalue weighted by atomic mass is 16.8. The minimum absolute atomic E-state index is 0.247. The molecule has 19 nitrogen and oxygen atoms in total. The first-order valence-corrected chi connectivity index (χ1v) is 37.2. The summed E-state index contributed by atoms with van der Waals surface area (Å²) in [7, 11) is 0. The van der Waals surface area contributed by atoms with Crippen LogP contribution in [0.3, 0.4) is 0 Å². The molecular formula is C73H135NO18. The second kappa shape index (κ2) is 55.0. The number of aliphatic hydroxyl groups is 11. The number of hydrogen-bond donors (Lipinski definition) is 12. The quantitative estimate of drug-likeness (QED) is 0.0199. The monoisotopic (exact) mass is 1310 g/mol. The number of ether oxygens (including phenoxy) is 6. The van der Waals surface area contributed by atoms with E-state index in [1.807, 2.05) is 6.08 Å². The van der Waals surface area contributed by atoms with Gasteiger partial charge in [-0.1, -0.05) is 269 Å². The molecule has 0 aromatic carbocycles. The summed E-state index contributed by atoms with van der Waals surface area (Å²) in [6.45, 7) is 1.68. The maximum atomic E-state index is 13.3. The van der Waals surface area contributed by atoms with E-state index in [1.54, 1.807) is 6.08 Å². The highest BCUT2D eigenvalue weighted by Crippen LogP contribution is 2.33. The normalized spacial score (nSPS) is 27.9. The molecule has 3 heterocycles. The summed E-state index contributed by atoms with van der Waals surface area (Å²) in [6.07, 6.45) is 39.2. The van der Waals surface area contributed by atoms with E-state index >= 15 is 0 Å². The van der Waals surface area contributed by atoms with Crippen LogP contribution >= 0.6 is 0 Å². The summed E-state index contributed by atoms with van der Waals surface area (Å²) >= 11 is 0. The SMILES string of the molecule is CCCCCCC/C=C\C/C=C\CCCCCCCCCCCCCCCCCCCCCCCCCCCCCC(=O)NC(COC1OC(CO)C(OC2OC(CO)C(OC3OC(CO)C(O)C(O)C3O)C(O)C2O)C(O)C1O)C(O)/C=C/CCCCCCCC. The van der Waals surface area contributed by atoms with Crippen molar-refractivity contribution < 1.29 is 89.4 Å². The molecule has 0 aromatic rings. The third-order valence-corrected chi connectivity index (χ3v) is 18.7. The molecule has 17 atom stereocenters. The number of rotatable bonds is 58. The Kier molecular flexibility index (Phi) is 50.3. The summed E-state index contributed by atoms with van der Waals surface area (Å²) in [6, 6.07) is -0.968. The van der Waals surface area contributed by atoms with E-state index in [4.69, 9.17) is 28.4 Å². The smallest absolute Gasteiger partial charge is 0.220 e. The molecule has 0 aromatic heterocycles. The first kappa shape index (κ1) is 84.2. The third kappa shape index (κ3) is 36.0. The summed E-state index contributed by atoms with van der Waals surface area (Å²) in [5, 5.41) is 120. The van der Waals surface area contributed by atoms with Crippen LogP contribution in [0, 0.1) is 0 Å². The zero-order chi connectivity index (χ0) is 66.8. The number of aliphatic hydroxyl groups excluding tert-OH is 11. The van der Waals surface area contributed by atoms with Crippen LogP contribution in [0.1, 0.15) is 290 Å². The van der Waals surface area contributed by atoms with E-state index in [1.165, 1.54) is 205 Å². The standard InChI is InChI=1S/C73H135NO18/c1-3-5-7-9-11-13-14-15-16-17-18-19-20-21-22-23-24-25-26-27-28-29-30-31-32-33-34-35-36-37-38-39-40-41-42-43-45-47-49-51-61(79)74-56(57(78)50-48-46-44-12-10-8-6-4-2)55-87-71-67(85)64(82)69(59(53-76)89-71)92-73-68(86)65(83)70(60(54-77)90-73)91-72-66(84)63(81)62(80)58(52-75)88-72/h14-15,17-18,48,50,56-60,62-73,75-78,80-86H,3-13,16,19-47,49,51-55H2,1-2H3,(H,74,79)/b15-14-,18-17-,50-48+. The Morgan fingerprint density at radius 1 is 0.391 bits per heavy atom. The lowest BCUT2D eigenvalue weighted by molar-refractivity contribution is -0.379. The Morgan fingerprint density at radius 3 is 1.11 bits per heavy atom. The van der Waals surface area contributed by atoms with Crippen LogP contribution < -0.4 is 5.32 Å². The lowest BCUT2D eigenvalue weighted by atomic mass is 9.96. The van der Waals surface area contributed by atoms with Crippen LogP contribution in [0.5, 0.6) is 0 Å². The molecule has 0 spiro atoms. The summed E-state index contributed by atoms with van der Waals surface area (Å²) < 4.78 is 34.2. The number of carbonyl (C=O) groups is 1. The van der Waals surface area contributed by atoms with Crippen molar-refractivity contribution in [3.05, 3.63) is 36.5 Å². The van der Waals surface area contributed by atoms with Gasteiger partial charge in [-0.3, -0.25) is 4.79 Å². The van der Waals surface area contributed by atoms with E-state index < -0.39 is 124 Å². The molecule has 0 saturated carbocycles. The molecule has 0 radical (unpaired) electrons. The second-order valence-corrected chi connectivity index (χ2v) is 26.8. The average molecular weight is 1310 g/mol. The van der Waals surface area contributed by atoms with Crippen molar-refractivity contribution >= 4 is 5.91 Å². The molecule has 3 aliphatic heterocycles. The first-order valence-electron chi connectivity index (χ1n) is 37.2. The number of carbonyl (C=O) groups excluding carboxylic acids is 1. The largest absolute Gasteiger partial charge is 0.394 e. The predicted molar refractivity (Wildman–Crippen MR) is 360 cm³/mol. The summed E-state index contributed by atoms with van der Waals surface area (Å²) in [5.74, 6) is -0.274. The van der Waals surface area contributed by atoms with E-state index in [2.05, 4.69) is 43.5 Å². The Bertz CT molecular complexity index is 1810. The van der Waals surface area contributed by atoms with E-state index in [9.17, 15) is 61.0 Å². The van der Waals surface area contributed by atoms with Gasteiger partial charge in [0.25, 0.3) is 0 Å². The zero-order valence-corrected chi connectivity index (χ0v) is 57.3. The Hall–Kier alpha value is -1.99. The minimum atomic E-state index is -1.98. The number of unbranched alkanes of at least 4 members (excludes halogenated alkanes) is 38. The van der Waals surface area contributed by atoms with E-state index in [0.29, 0.717) is 6.42 Å². The van der Waals surface area contributed by atoms with Gasteiger partial charge in [0.05, 0.1) is 38.6 Å². The second-order valence-electron chi connectivity index (χ2n) is 26.8. The first-order chi connectivity index (χ1) is 44.8. The topological polar surface area (TPSA) is 307 Å².